The first-order valence-corrected chi connectivity index (χ1v) is 11.9. The minimum absolute atomic E-state index is 0.199. The molecule has 7 rings (SSSR count). The number of β-amino-alcohol motifs (C(OH)–C–C–N with tert-alkyl or cyclic N) is 1. The van der Waals surface area contributed by atoms with Crippen LogP contribution in [-0.2, 0) is 0 Å². The number of aromatic nitrogens is 2. The third kappa shape index (κ3) is 3.26. The van der Waals surface area contributed by atoms with Gasteiger partial charge in [-0.25, -0.2) is 0 Å². The molecule has 3 N–H and O–H groups in total. The van der Waals surface area contributed by atoms with Crippen LogP contribution in [0.4, 0.5) is 5.82 Å². The Morgan fingerprint density at radius 2 is 1.84 bits per heavy atom. The summed E-state index contributed by atoms with van der Waals surface area (Å²) in [5.41, 5.74) is 4.85. The van der Waals surface area contributed by atoms with Crippen molar-refractivity contribution in [3.8, 4) is 17.0 Å². The maximum Gasteiger partial charge on any atom is 0.152 e. The molecule has 1 aliphatic heterocycles. The van der Waals surface area contributed by atoms with Gasteiger partial charge in [0, 0.05) is 30.3 Å². The summed E-state index contributed by atoms with van der Waals surface area (Å²) in [4.78, 5) is 2.32. The number of nitrogens with zero attached hydrogens (tertiary/aromatic N) is 3. The summed E-state index contributed by atoms with van der Waals surface area (Å²) >= 11 is 0. The molecular weight excluding hydrogens is 404 g/mol. The van der Waals surface area contributed by atoms with Crippen LogP contribution in [-0.4, -0.2) is 57.6 Å². The highest BCUT2D eigenvalue weighted by Crippen LogP contribution is 2.54. The van der Waals surface area contributed by atoms with Crippen molar-refractivity contribution in [2.24, 2.45) is 0 Å². The Hall–Kier alpha value is -2.64. The third-order valence-electron chi connectivity index (χ3n) is 7.72. The minimum atomic E-state index is 0.199. The lowest BCUT2D eigenvalue weighted by Crippen LogP contribution is -2.43. The number of fused-ring (bicyclic) bond motifs is 3. The molecule has 0 unspecified atom stereocenters. The summed E-state index contributed by atoms with van der Waals surface area (Å²) in [6.07, 6.45) is 8.59. The van der Waals surface area contributed by atoms with Crippen molar-refractivity contribution >= 4 is 16.8 Å². The van der Waals surface area contributed by atoms with E-state index in [0.29, 0.717) is 28.8 Å². The number of hydrogen-bond acceptors (Lipinski definition) is 7. The summed E-state index contributed by atoms with van der Waals surface area (Å²) < 4.78 is 5.46. The average molecular weight is 435 g/mol. The molecule has 7 heteroatoms. The van der Waals surface area contributed by atoms with Crippen LogP contribution in [0.25, 0.3) is 22.2 Å². The van der Waals surface area contributed by atoms with Crippen LogP contribution < -0.4 is 5.32 Å². The Morgan fingerprint density at radius 3 is 2.66 bits per heavy atom. The van der Waals surface area contributed by atoms with E-state index in [-0.39, 0.29) is 12.4 Å². The quantitative estimate of drug-likeness (QED) is 0.553. The van der Waals surface area contributed by atoms with E-state index >= 15 is 0 Å². The van der Waals surface area contributed by atoms with Crippen molar-refractivity contribution in [1.82, 2.24) is 15.1 Å². The Labute approximate surface area is 187 Å². The second-order valence-electron chi connectivity index (χ2n) is 9.57. The fourth-order valence-electron chi connectivity index (χ4n) is 6.20. The standard InChI is InChI=1S/C25H30N4O3/c30-12-11-29-10-1-2-17(14-29)26-25-22-16-5-3-15(4-6-16)21(22)23(27-28-25)19-7-8-20-18(24(19)31)9-13-32-20/h7-9,13,15-17,30-31H,1-6,10-12,14H2,(H,26,28)/t15?,16?,17-/m1/s1. The SMILES string of the molecule is OCCN1CCC[C@@H](Nc2nnc(-c3ccc4occc4c3O)c3c2C2CCC3CC2)C1. The van der Waals surface area contributed by atoms with Gasteiger partial charge >= 0.3 is 0 Å². The number of likely N-dealkylation sites (tertiary alicyclic amines) is 1. The number of aromatic hydroxyl groups is 1. The molecule has 32 heavy (non-hydrogen) atoms. The van der Waals surface area contributed by atoms with Gasteiger partial charge in [0.05, 0.1) is 18.3 Å². The van der Waals surface area contributed by atoms with E-state index in [1.807, 2.05) is 12.1 Å². The highest BCUT2D eigenvalue weighted by Gasteiger charge is 2.39. The molecule has 1 saturated heterocycles. The van der Waals surface area contributed by atoms with Gasteiger partial charge < -0.3 is 19.9 Å². The Balaban J connectivity index is 1.41. The predicted molar refractivity (Wildman–Crippen MR) is 123 cm³/mol. The van der Waals surface area contributed by atoms with E-state index in [4.69, 9.17) is 14.6 Å². The molecule has 1 saturated carbocycles. The fraction of sp³-hybridized carbons (Fsp3) is 0.520. The van der Waals surface area contributed by atoms with Gasteiger partial charge in [0.1, 0.15) is 17.0 Å². The summed E-state index contributed by atoms with van der Waals surface area (Å²) in [6.45, 7) is 2.89. The Morgan fingerprint density at radius 1 is 1.03 bits per heavy atom. The molecule has 3 heterocycles. The molecule has 2 fully saturated rings. The van der Waals surface area contributed by atoms with E-state index in [2.05, 4.69) is 10.2 Å². The van der Waals surface area contributed by atoms with Crippen molar-refractivity contribution in [1.29, 1.82) is 0 Å². The predicted octanol–water partition coefficient (Wildman–Crippen LogP) is 4.22. The van der Waals surface area contributed by atoms with E-state index in [9.17, 15) is 10.2 Å². The van der Waals surface area contributed by atoms with E-state index in [0.717, 1.165) is 49.6 Å². The number of aliphatic hydroxyl groups excluding tert-OH is 1. The maximum atomic E-state index is 11.0. The van der Waals surface area contributed by atoms with Crippen molar-refractivity contribution < 1.29 is 14.6 Å². The van der Waals surface area contributed by atoms with Crippen LogP contribution in [0, 0.1) is 0 Å². The molecule has 3 aromatic rings. The molecule has 2 aromatic heterocycles. The van der Waals surface area contributed by atoms with Crippen LogP contribution in [0.5, 0.6) is 5.75 Å². The maximum absolute atomic E-state index is 11.0. The van der Waals surface area contributed by atoms with E-state index in [1.54, 1.807) is 12.3 Å². The first-order valence-electron chi connectivity index (χ1n) is 11.9. The molecule has 0 radical (unpaired) electrons. The lowest BCUT2D eigenvalue weighted by molar-refractivity contribution is 0.166. The molecule has 7 nitrogen and oxygen atoms in total. The molecule has 2 bridgehead atoms. The number of rotatable bonds is 5. The summed E-state index contributed by atoms with van der Waals surface area (Å²) in [6, 6.07) is 5.94. The molecule has 1 atom stereocenters. The van der Waals surface area contributed by atoms with Crippen molar-refractivity contribution in [3.05, 3.63) is 35.6 Å². The van der Waals surface area contributed by atoms with Crippen LogP contribution in [0.2, 0.25) is 0 Å². The highest BCUT2D eigenvalue weighted by molar-refractivity contribution is 5.92. The third-order valence-corrected chi connectivity index (χ3v) is 7.72. The monoisotopic (exact) mass is 434 g/mol. The van der Waals surface area contributed by atoms with Crippen LogP contribution in [0.3, 0.4) is 0 Å². The summed E-state index contributed by atoms with van der Waals surface area (Å²) in [7, 11) is 0. The largest absolute Gasteiger partial charge is 0.506 e. The zero-order valence-electron chi connectivity index (χ0n) is 18.3. The van der Waals surface area contributed by atoms with Gasteiger partial charge in [0.2, 0.25) is 0 Å². The number of benzene rings is 1. The number of phenols is 1. The Bertz CT molecular complexity index is 1130. The molecule has 0 amide bonds. The molecule has 4 aliphatic rings. The number of anilines is 1. The minimum Gasteiger partial charge on any atom is -0.506 e. The zero-order valence-corrected chi connectivity index (χ0v) is 18.3. The van der Waals surface area contributed by atoms with Crippen molar-refractivity contribution in [2.75, 3.05) is 31.6 Å². The van der Waals surface area contributed by atoms with Crippen LogP contribution >= 0.6 is 0 Å². The van der Waals surface area contributed by atoms with Gasteiger partial charge in [0.25, 0.3) is 0 Å². The fourth-order valence-corrected chi connectivity index (χ4v) is 6.20. The average Bonchev–Trinajstić information content (AvgIpc) is 3.31. The van der Waals surface area contributed by atoms with Crippen LogP contribution in [0.15, 0.2) is 28.9 Å². The molecule has 3 aliphatic carbocycles. The normalized spacial score (nSPS) is 25.2. The lowest BCUT2D eigenvalue weighted by Gasteiger charge is -2.41. The molecule has 0 spiro atoms. The lowest BCUT2D eigenvalue weighted by atomic mass is 9.66. The second-order valence-corrected chi connectivity index (χ2v) is 9.57. The van der Waals surface area contributed by atoms with Gasteiger partial charge in [-0.3, -0.25) is 4.90 Å². The number of aliphatic hydroxyl groups is 1. The van der Waals surface area contributed by atoms with Gasteiger partial charge in [-0.1, -0.05) is 0 Å². The first kappa shape index (κ1) is 20.0. The number of phenolic OH excluding ortho intramolecular Hbond substituents is 1. The second kappa shape index (κ2) is 8.05. The van der Waals surface area contributed by atoms with E-state index < -0.39 is 0 Å². The topological polar surface area (TPSA) is 94.7 Å². The van der Waals surface area contributed by atoms with Crippen molar-refractivity contribution in [2.45, 2.75) is 56.4 Å². The first-order chi connectivity index (χ1) is 15.7. The van der Waals surface area contributed by atoms with Crippen LogP contribution in [0.1, 0.15) is 61.5 Å². The van der Waals surface area contributed by atoms with Gasteiger partial charge in [0.15, 0.2) is 5.82 Å². The zero-order chi connectivity index (χ0) is 21.7. The molecule has 168 valence electrons. The van der Waals surface area contributed by atoms with Gasteiger partial charge in [-0.15, -0.1) is 10.2 Å². The number of hydrogen-bond donors (Lipinski definition) is 3. The molecular formula is C25H30N4O3. The van der Waals surface area contributed by atoms with Gasteiger partial charge in [-0.2, -0.15) is 0 Å². The van der Waals surface area contributed by atoms with E-state index in [1.165, 1.54) is 36.8 Å². The summed E-state index contributed by atoms with van der Waals surface area (Å²) in [5, 5.41) is 34.2. The Kier molecular flexibility index (Phi) is 5.03. The summed E-state index contributed by atoms with van der Waals surface area (Å²) in [5.74, 6) is 2.13. The smallest absolute Gasteiger partial charge is 0.152 e. The van der Waals surface area contributed by atoms with Crippen molar-refractivity contribution in [3.63, 3.8) is 0 Å². The number of nitrogens with one attached hydrogen (secondary N) is 1. The van der Waals surface area contributed by atoms with Gasteiger partial charge in [-0.05, 0) is 80.7 Å². The number of piperidine rings is 1. The molecule has 1 aromatic carbocycles. The number of furan rings is 1. The highest BCUT2D eigenvalue weighted by atomic mass is 16.3.